The van der Waals surface area contributed by atoms with Crippen molar-refractivity contribution in [3.05, 3.63) is 29.3 Å². The van der Waals surface area contributed by atoms with E-state index < -0.39 is 0 Å². The van der Waals surface area contributed by atoms with E-state index in [2.05, 4.69) is 11.9 Å². The molecule has 1 aromatic rings. The Hall–Kier alpha value is -0.730. The van der Waals surface area contributed by atoms with Crippen LogP contribution in [0.2, 0.25) is 5.02 Å². The van der Waals surface area contributed by atoms with Gasteiger partial charge in [0.1, 0.15) is 5.75 Å². The molecule has 0 unspecified atom stereocenters. The molecule has 0 aromatic heterocycles. The third-order valence-corrected chi connectivity index (χ3v) is 3.39. The molecule has 0 saturated carbocycles. The van der Waals surface area contributed by atoms with Crippen molar-refractivity contribution in [1.82, 2.24) is 4.90 Å². The van der Waals surface area contributed by atoms with Crippen molar-refractivity contribution in [3.63, 3.8) is 0 Å². The third kappa shape index (κ3) is 3.39. The van der Waals surface area contributed by atoms with Gasteiger partial charge >= 0.3 is 0 Å². The molecule has 2 nitrogen and oxygen atoms in total. The first-order valence-corrected chi connectivity index (χ1v) is 6.19. The summed E-state index contributed by atoms with van der Waals surface area (Å²) in [5, 5.41) is 0.756. The number of likely N-dealkylation sites (tertiary alicyclic amines) is 1. The quantitative estimate of drug-likeness (QED) is 0.804. The van der Waals surface area contributed by atoms with Crippen LogP contribution in [0.4, 0.5) is 0 Å². The van der Waals surface area contributed by atoms with E-state index in [1.807, 2.05) is 24.3 Å². The lowest BCUT2D eigenvalue weighted by Gasteiger charge is -2.28. The lowest BCUT2D eigenvalue weighted by molar-refractivity contribution is 0.160. The number of hydrogen-bond donors (Lipinski definition) is 0. The number of benzene rings is 1. The van der Waals surface area contributed by atoms with E-state index >= 15 is 0 Å². The van der Waals surface area contributed by atoms with Crippen LogP contribution < -0.4 is 4.74 Å². The Morgan fingerprint density at radius 1 is 1.25 bits per heavy atom. The minimum Gasteiger partial charge on any atom is -0.493 e. The van der Waals surface area contributed by atoms with Gasteiger partial charge in [0.15, 0.2) is 0 Å². The zero-order chi connectivity index (χ0) is 11.4. The second kappa shape index (κ2) is 5.55. The molecule has 0 amide bonds. The van der Waals surface area contributed by atoms with Gasteiger partial charge in [-0.15, -0.1) is 0 Å². The Morgan fingerprint density at radius 3 is 2.50 bits per heavy atom. The summed E-state index contributed by atoms with van der Waals surface area (Å²) in [4.78, 5) is 2.37. The molecule has 16 heavy (non-hydrogen) atoms. The molecular formula is C13H18ClNO. The number of piperidine rings is 1. The molecule has 0 N–H and O–H groups in total. The van der Waals surface area contributed by atoms with Crippen LogP contribution in [-0.2, 0) is 0 Å². The number of rotatable bonds is 3. The van der Waals surface area contributed by atoms with Crippen LogP contribution in [-0.4, -0.2) is 31.6 Å². The average molecular weight is 240 g/mol. The zero-order valence-electron chi connectivity index (χ0n) is 9.66. The minimum atomic E-state index is 0.701. The second-order valence-corrected chi connectivity index (χ2v) is 4.95. The number of hydrogen-bond acceptors (Lipinski definition) is 2. The average Bonchev–Trinajstić information content (AvgIpc) is 2.30. The first-order chi connectivity index (χ1) is 7.74. The smallest absolute Gasteiger partial charge is 0.119 e. The lowest BCUT2D eigenvalue weighted by atomic mass is 9.98. The van der Waals surface area contributed by atoms with Gasteiger partial charge < -0.3 is 9.64 Å². The first kappa shape index (κ1) is 11.7. The van der Waals surface area contributed by atoms with Gasteiger partial charge in [-0.05, 0) is 63.2 Å². The molecule has 0 radical (unpaired) electrons. The Bertz CT molecular complexity index is 317. The third-order valence-electron chi connectivity index (χ3n) is 3.14. The molecular weight excluding hydrogens is 222 g/mol. The summed E-state index contributed by atoms with van der Waals surface area (Å²) in [6.45, 7) is 3.21. The van der Waals surface area contributed by atoms with E-state index in [1.165, 1.54) is 25.9 Å². The fourth-order valence-corrected chi connectivity index (χ4v) is 2.10. The van der Waals surface area contributed by atoms with Crippen molar-refractivity contribution in [1.29, 1.82) is 0 Å². The molecule has 0 atom stereocenters. The Balaban J connectivity index is 1.77. The zero-order valence-corrected chi connectivity index (χ0v) is 10.4. The van der Waals surface area contributed by atoms with Crippen LogP contribution in [0.1, 0.15) is 12.8 Å². The van der Waals surface area contributed by atoms with Crippen molar-refractivity contribution in [3.8, 4) is 5.75 Å². The highest BCUT2D eigenvalue weighted by Crippen LogP contribution is 2.20. The van der Waals surface area contributed by atoms with Crippen molar-refractivity contribution in [2.75, 3.05) is 26.7 Å². The van der Waals surface area contributed by atoms with Gasteiger partial charge in [0.2, 0.25) is 0 Å². The maximum atomic E-state index is 5.82. The predicted molar refractivity (Wildman–Crippen MR) is 67.2 cm³/mol. The maximum absolute atomic E-state index is 5.82. The van der Waals surface area contributed by atoms with Crippen LogP contribution in [0.3, 0.4) is 0 Å². The highest BCUT2D eigenvalue weighted by Gasteiger charge is 2.16. The SMILES string of the molecule is CN1CCC(COc2ccc(Cl)cc2)CC1. The van der Waals surface area contributed by atoms with Crippen LogP contribution in [0.15, 0.2) is 24.3 Å². The largest absolute Gasteiger partial charge is 0.493 e. The van der Waals surface area contributed by atoms with Crippen molar-refractivity contribution in [2.45, 2.75) is 12.8 Å². The Kier molecular flexibility index (Phi) is 4.08. The summed E-state index contributed by atoms with van der Waals surface area (Å²) in [6.07, 6.45) is 2.48. The van der Waals surface area contributed by atoms with E-state index in [1.54, 1.807) is 0 Å². The molecule has 1 saturated heterocycles. The number of ether oxygens (including phenoxy) is 1. The number of halogens is 1. The molecule has 1 aliphatic heterocycles. The predicted octanol–water partition coefficient (Wildman–Crippen LogP) is 3.06. The van der Waals surface area contributed by atoms with Gasteiger partial charge in [-0.25, -0.2) is 0 Å². The molecule has 1 fully saturated rings. The molecule has 1 aromatic carbocycles. The van der Waals surface area contributed by atoms with E-state index in [0.29, 0.717) is 5.92 Å². The summed E-state index contributed by atoms with van der Waals surface area (Å²) in [5.41, 5.74) is 0. The summed E-state index contributed by atoms with van der Waals surface area (Å²) >= 11 is 5.82. The van der Waals surface area contributed by atoms with Crippen LogP contribution in [0, 0.1) is 5.92 Å². The maximum Gasteiger partial charge on any atom is 0.119 e. The van der Waals surface area contributed by atoms with Crippen LogP contribution in [0.5, 0.6) is 5.75 Å². The molecule has 0 bridgehead atoms. The van der Waals surface area contributed by atoms with Gasteiger partial charge in [0, 0.05) is 5.02 Å². The Labute approximate surface area is 102 Å². The topological polar surface area (TPSA) is 12.5 Å². The van der Waals surface area contributed by atoms with E-state index in [9.17, 15) is 0 Å². The fourth-order valence-electron chi connectivity index (χ4n) is 1.97. The van der Waals surface area contributed by atoms with Gasteiger partial charge in [0.25, 0.3) is 0 Å². The van der Waals surface area contributed by atoms with Gasteiger partial charge in [-0.2, -0.15) is 0 Å². The van der Waals surface area contributed by atoms with Crippen LogP contribution >= 0.6 is 11.6 Å². The second-order valence-electron chi connectivity index (χ2n) is 4.51. The van der Waals surface area contributed by atoms with Crippen molar-refractivity contribution >= 4 is 11.6 Å². The van der Waals surface area contributed by atoms with Gasteiger partial charge in [-0.1, -0.05) is 11.6 Å². The standard InChI is InChI=1S/C13H18ClNO/c1-15-8-6-11(7-9-15)10-16-13-4-2-12(14)3-5-13/h2-5,11H,6-10H2,1H3. The van der Waals surface area contributed by atoms with E-state index in [-0.39, 0.29) is 0 Å². The Morgan fingerprint density at radius 2 is 1.88 bits per heavy atom. The fraction of sp³-hybridized carbons (Fsp3) is 0.538. The lowest BCUT2D eigenvalue weighted by Crippen LogP contribution is -2.32. The summed E-state index contributed by atoms with van der Waals surface area (Å²) in [6, 6.07) is 7.59. The van der Waals surface area contributed by atoms with Gasteiger partial charge in [-0.3, -0.25) is 0 Å². The summed E-state index contributed by atoms with van der Waals surface area (Å²) in [7, 11) is 2.18. The van der Waals surface area contributed by atoms with E-state index in [0.717, 1.165) is 17.4 Å². The first-order valence-electron chi connectivity index (χ1n) is 5.81. The molecule has 1 aliphatic rings. The molecule has 88 valence electrons. The number of nitrogens with zero attached hydrogens (tertiary/aromatic N) is 1. The summed E-state index contributed by atoms with van der Waals surface area (Å²) in [5.74, 6) is 1.62. The highest BCUT2D eigenvalue weighted by atomic mass is 35.5. The van der Waals surface area contributed by atoms with Gasteiger partial charge in [0.05, 0.1) is 6.61 Å². The van der Waals surface area contributed by atoms with Crippen molar-refractivity contribution in [2.24, 2.45) is 5.92 Å². The van der Waals surface area contributed by atoms with Crippen LogP contribution in [0.25, 0.3) is 0 Å². The molecule has 0 aliphatic carbocycles. The molecule has 2 rings (SSSR count). The minimum absolute atomic E-state index is 0.701. The summed E-state index contributed by atoms with van der Waals surface area (Å²) < 4.78 is 5.76. The molecule has 1 heterocycles. The normalized spacial score (nSPS) is 18.6. The van der Waals surface area contributed by atoms with E-state index in [4.69, 9.17) is 16.3 Å². The molecule has 0 spiro atoms. The molecule has 3 heteroatoms. The monoisotopic (exact) mass is 239 g/mol. The highest BCUT2D eigenvalue weighted by molar-refractivity contribution is 6.30. The van der Waals surface area contributed by atoms with Crippen molar-refractivity contribution < 1.29 is 4.74 Å².